The van der Waals surface area contributed by atoms with E-state index in [0.717, 1.165) is 31.1 Å². The van der Waals surface area contributed by atoms with Gasteiger partial charge in [-0.1, -0.05) is 6.07 Å². The minimum absolute atomic E-state index is 0.499. The minimum atomic E-state index is 0.499. The molecule has 2 aromatic heterocycles. The van der Waals surface area contributed by atoms with Gasteiger partial charge in [-0.05, 0) is 55.5 Å². The number of nitrogens with one attached hydrogen (secondary N) is 1. The molecule has 25 heavy (non-hydrogen) atoms. The molecule has 0 aliphatic carbocycles. The van der Waals surface area contributed by atoms with Gasteiger partial charge in [-0.2, -0.15) is 0 Å². The van der Waals surface area contributed by atoms with Gasteiger partial charge in [0.1, 0.15) is 12.1 Å². The lowest BCUT2D eigenvalue weighted by Crippen LogP contribution is -2.46. The Labute approximate surface area is 148 Å². The molecule has 1 N–H and O–H groups in total. The second-order valence-electron chi connectivity index (χ2n) is 7.06. The second kappa shape index (κ2) is 6.84. The van der Waals surface area contributed by atoms with E-state index in [1.54, 1.807) is 6.33 Å². The largest absolute Gasteiger partial charge is 0.361 e. The molecule has 0 bridgehead atoms. The van der Waals surface area contributed by atoms with Crippen molar-refractivity contribution < 1.29 is 0 Å². The van der Waals surface area contributed by atoms with Gasteiger partial charge in [0.05, 0.1) is 0 Å². The van der Waals surface area contributed by atoms with E-state index < -0.39 is 0 Å². The zero-order valence-corrected chi connectivity index (χ0v) is 14.9. The van der Waals surface area contributed by atoms with Crippen LogP contribution in [-0.4, -0.2) is 46.0 Å². The van der Waals surface area contributed by atoms with E-state index >= 15 is 0 Å². The van der Waals surface area contributed by atoms with E-state index in [-0.39, 0.29) is 0 Å². The van der Waals surface area contributed by atoms with Gasteiger partial charge in [-0.25, -0.2) is 9.97 Å². The molecule has 1 aliphatic heterocycles. The van der Waals surface area contributed by atoms with Crippen LogP contribution >= 0.6 is 0 Å². The van der Waals surface area contributed by atoms with Crippen LogP contribution in [0.25, 0.3) is 10.9 Å². The number of H-pyrrole nitrogens is 1. The fraction of sp³-hybridized carbons (Fsp3) is 0.400. The van der Waals surface area contributed by atoms with E-state index in [1.807, 2.05) is 13.1 Å². The second-order valence-corrected chi connectivity index (χ2v) is 7.06. The number of likely N-dealkylation sites (N-methyl/N-ethyl adjacent to an activating group) is 1. The summed E-state index contributed by atoms with van der Waals surface area (Å²) >= 11 is 0. The number of fused-ring (bicyclic) bond motifs is 1. The van der Waals surface area contributed by atoms with Crippen LogP contribution in [0.2, 0.25) is 0 Å². The van der Waals surface area contributed by atoms with Gasteiger partial charge in [-0.3, -0.25) is 4.90 Å². The number of hydrogen-bond acceptors (Lipinski definition) is 4. The summed E-state index contributed by atoms with van der Waals surface area (Å²) in [5.74, 6) is 1.02. The van der Waals surface area contributed by atoms with Crippen LogP contribution in [0.3, 0.4) is 0 Å². The molecule has 1 saturated heterocycles. The topological polar surface area (TPSA) is 48.0 Å². The number of aryl methyl sites for hydroxylation is 1. The first-order valence-corrected chi connectivity index (χ1v) is 8.99. The molecule has 1 unspecified atom stereocenters. The molecule has 1 atom stereocenters. The van der Waals surface area contributed by atoms with Gasteiger partial charge in [0.15, 0.2) is 0 Å². The van der Waals surface area contributed by atoms with Crippen molar-refractivity contribution in [2.75, 3.05) is 25.0 Å². The highest BCUT2D eigenvalue weighted by molar-refractivity contribution is 5.79. The molecule has 3 aromatic rings. The molecule has 1 fully saturated rings. The van der Waals surface area contributed by atoms with Crippen molar-refractivity contribution in [3.63, 3.8) is 0 Å². The number of aromatic amines is 1. The van der Waals surface area contributed by atoms with Gasteiger partial charge >= 0.3 is 0 Å². The fourth-order valence-corrected chi connectivity index (χ4v) is 3.77. The standard InChI is InChI=1S/C20H25N5/c1-15-10-20(23-14-22-15)24(2)18-4-3-9-25(13-18)12-16-5-6-19-17(11-16)7-8-21-19/h5-8,10-11,14,18,21H,3-4,9,12-13H2,1-2H3. The zero-order chi connectivity index (χ0) is 17.2. The minimum Gasteiger partial charge on any atom is -0.361 e. The van der Waals surface area contributed by atoms with E-state index in [9.17, 15) is 0 Å². The zero-order valence-electron chi connectivity index (χ0n) is 14.9. The molecule has 0 amide bonds. The molecular weight excluding hydrogens is 310 g/mol. The van der Waals surface area contributed by atoms with Crippen molar-refractivity contribution in [3.8, 4) is 0 Å². The molecule has 3 heterocycles. The van der Waals surface area contributed by atoms with Crippen molar-refractivity contribution in [2.45, 2.75) is 32.4 Å². The number of hydrogen-bond donors (Lipinski definition) is 1. The average molecular weight is 335 g/mol. The van der Waals surface area contributed by atoms with Crippen molar-refractivity contribution in [2.24, 2.45) is 0 Å². The molecule has 4 rings (SSSR count). The van der Waals surface area contributed by atoms with E-state index in [0.29, 0.717) is 6.04 Å². The third-order valence-corrected chi connectivity index (χ3v) is 5.20. The summed E-state index contributed by atoms with van der Waals surface area (Å²) in [5.41, 5.74) is 3.61. The molecule has 0 saturated carbocycles. The number of anilines is 1. The Morgan fingerprint density at radius 2 is 2.16 bits per heavy atom. The Balaban J connectivity index is 1.45. The first kappa shape index (κ1) is 16.1. The van der Waals surface area contributed by atoms with E-state index in [4.69, 9.17) is 0 Å². The highest BCUT2D eigenvalue weighted by Crippen LogP contribution is 2.22. The smallest absolute Gasteiger partial charge is 0.132 e. The normalized spacial score (nSPS) is 18.6. The summed E-state index contributed by atoms with van der Waals surface area (Å²) in [4.78, 5) is 16.8. The fourth-order valence-electron chi connectivity index (χ4n) is 3.77. The van der Waals surface area contributed by atoms with E-state index in [2.05, 4.69) is 62.1 Å². The number of piperidine rings is 1. The third-order valence-electron chi connectivity index (χ3n) is 5.20. The lowest BCUT2D eigenvalue weighted by molar-refractivity contribution is 0.198. The lowest BCUT2D eigenvalue weighted by atomic mass is 10.0. The van der Waals surface area contributed by atoms with Crippen molar-refractivity contribution in [3.05, 3.63) is 54.1 Å². The molecule has 0 spiro atoms. The third kappa shape index (κ3) is 3.51. The molecule has 0 radical (unpaired) electrons. The molecule has 1 aliphatic rings. The average Bonchev–Trinajstić information content (AvgIpc) is 3.09. The Kier molecular flexibility index (Phi) is 4.40. The molecule has 5 nitrogen and oxygen atoms in total. The SMILES string of the molecule is Cc1cc(N(C)C2CCCN(Cc3ccc4[nH]ccc4c3)C2)ncn1. The quantitative estimate of drug-likeness (QED) is 0.794. The highest BCUT2D eigenvalue weighted by Gasteiger charge is 2.24. The summed E-state index contributed by atoms with van der Waals surface area (Å²) in [7, 11) is 2.15. The number of nitrogens with zero attached hydrogens (tertiary/aromatic N) is 4. The van der Waals surface area contributed by atoms with Crippen LogP contribution in [0, 0.1) is 6.92 Å². The van der Waals surface area contributed by atoms with Crippen LogP contribution < -0.4 is 4.90 Å². The van der Waals surface area contributed by atoms with E-state index in [1.165, 1.54) is 29.3 Å². The summed E-state index contributed by atoms with van der Waals surface area (Å²) in [5, 5.41) is 1.29. The number of likely N-dealkylation sites (tertiary alicyclic amines) is 1. The summed E-state index contributed by atoms with van der Waals surface area (Å²) in [6.07, 6.45) is 6.11. The lowest BCUT2D eigenvalue weighted by Gasteiger charge is -2.38. The van der Waals surface area contributed by atoms with Crippen LogP contribution in [0.15, 0.2) is 42.9 Å². The summed E-state index contributed by atoms with van der Waals surface area (Å²) in [6.45, 7) is 5.26. The molecule has 5 heteroatoms. The van der Waals surface area contributed by atoms with Gasteiger partial charge in [0, 0.05) is 49.7 Å². The van der Waals surface area contributed by atoms with Crippen LogP contribution in [0.5, 0.6) is 0 Å². The summed E-state index contributed by atoms with van der Waals surface area (Å²) < 4.78 is 0. The van der Waals surface area contributed by atoms with Crippen molar-refractivity contribution in [1.82, 2.24) is 19.9 Å². The highest BCUT2D eigenvalue weighted by atomic mass is 15.2. The number of aromatic nitrogens is 3. The Bertz CT molecular complexity index is 856. The molecular formula is C20H25N5. The number of benzene rings is 1. The Morgan fingerprint density at radius 3 is 3.04 bits per heavy atom. The van der Waals surface area contributed by atoms with Crippen LogP contribution in [0.4, 0.5) is 5.82 Å². The Morgan fingerprint density at radius 1 is 1.24 bits per heavy atom. The van der Waals surface area contributed by atoms with Crippen LogP contribution in [0.1, 0.15) is 24.1 Å². The summed E-state index contributed by atoms with van der Waals surface area (Å²) in [6, 6.07) is 11.4. The maximum Gasteiger partial charge on any atom is 0.132 e. The van der Waals surface area contributed by atoms with Gasteiger partial charge in [0.2, 0.25) is 0 Å². The monoisotopic (exact) mass is 335 g/mol. The predicted octanol–water partition coefficient (Wildman–Crippen LogP) is 3.37. The predicted molar refractivity (Wildman–Crippen MR) is 102 cm³/mol. The van der Waals surface area contributed by atoms with Crippen molar-refractivity contribution >= 4 is 16.7 Å². The molecule has 1 aromatic carbocycles. The maximum atomic E-state index is 4.44. The van der Waals surface area contributed by atoms with Gasteiger partial charge in [0.25, 0.3) is 0 Å². The number of rotatable bonds is 4. The molecule has 130 valence electrons. The van der Waals surface area contributed by atoms with Crippen molar-refractivity contribution in [1.29, 1.82) is 0 Å². The Hall–Kier alpha value is -2.40. The first-order valence-electron chi connectivity index (χ1n) is 8.99. The van der Waals surface area contributed by atoms with Gasteiger partial charge < -0.3 is 9.88 Å². The first-order chi connectivity index (χ1) is 12.2. The van der Waals surface area contributed by atoms with Crippen LogP contribution in [-0.2, 0) is 6.54 Å². The maximum absolute atomic E-state index is 4.44. The van der Waals surface area contributed by atoms with Gasteiger partial charge in [-0.15, -0.1) is 0 Å².